The van der Waals surface area contributed by atoms with E-state index >= 15 is 0 Å². The molecule has 1 N–H and O–H groups in total. The maximum Gasteiger partial charge on any atom is 0.389 e. The zero-order valence-corrected chi connectivity index (χ0v) is 9.55. The summed E-state index contributed by atoms with van der Waals surface area (Å²) in [6.45, 7) is -2.20. The van der Waals surface area contributed by atoms with Crippen LogP contribution in [0.3, 0.4) is 0 Å². The maximum absolute atomic E-state index is 12.4. The van der Waals surface area contributed by atoms with Crippen LogP contribution in [0.15, 0.2) is 12.4 Å². The highest BCUT2D eigenvalue weighted by Gasteiger charge is 2.25. The van der Waals surface area contributed by atoms with E-state index in [2.05, 4.69) is 10.3 Å². The van der Waals surface area contributed by atoms with Gasteiger partial charge in [-0.15, -0.1) is 0 Å². The molecule has 0 atom stereocenters. The zero-order valence-electron chi connectivity index (χ0n) is 9.55. The largest absolute Gasteiger partial charge is 0.389 e. The molecule has 0 bridgehead atoms. The molecular weight excluding hydrogens is 257 g/mol. The molecule has 3 nitrogen and oxygen atoms in total. The first kappa shape index (κ1) is 14.9. The summed E-state index contributed by atoms with van der Waals surface area (Å²) in [6, 6.07) is 0. The minimum absolute atomic E-state index is 0.0276. The van der Waals surface area contributed by atoms with E-state index in [1.165, 1.54) is 6.20 Å². The van der Waals surface area contributed by atoms with Crippen LogP contribution in [0.1, 0.15) is 31.6 Å². The lowest BCUT2D eigenvalue weighted by Gasteiger charge is -2.08. The van der Waals surface area contributed by atoms with Gasteiger partial charge < -0.3 is 5.32 Å². The molecule has 0 amide bonds. The molecule has 0 aliphatic rings. The predicted octanol–water partition coefficient (Wildman–Crippen LogP) is 3.10. The summed E-state index contributed by atoms with van der Waals surface area (Å²) in [6.07, 6.45) is -2.17. The SMILES string of the molecule is FC(F)n1ccnc1CNCCCCC(F)(F)F. The Hall–Kier alpha value is -1.18. The number of imidazole rings is 1. The van der Waals surface area contributed by atoms with Gasteiger partial charge in [0, 0.05) is 18.8 Å². The molecule has 1 aromatic heterocycles. The normalized spacial score (nSPS) is 12.3. The molecule has 8 heteroatoms. The van der Waals surface area contributed by atoms with E-state index in [9.17, 15) is 22.0 Å². The summed E-state index contributed by atoms with van der Waals surface area (Å²) in [7, 11) is 0. The Morgan fingerprint density at radius 1 is 1.28 bits per heavy atom. The topological polar surface area (TPSA) is 29.9 Å². The standard InChI is InChI=1S/C10H14F5N3/c11-9(12)18-6-5-17-8(18)7-16-4-2-1-3-10(13,14)15/h5-6,9,16H,1-4,7H2. The van der Waals surface area contributed by atoms with E-state index < -0.39 is 19.1 Å². The molecule has 0 radical (unpaired) electrons. The molecule has 0 saturated carbocycles. The molecule has 0 fully saturated rings. The Labute approximate surface area is 101 Å². The van der Waals surface area contributed by atoms with E-state index in [1.807, 2.05) is 0 Å². The summed E-state index contributed by atoms with van der Waals surface area (Å²) in [5.74, 6) is 0.167. The second-order valence-corrected chi connectivity index (χ2v) is 3.78. The molecule has 0 unspecified atom stereocenters. The molecule has 104 valence electrons. The van der Waals surface area contributed by atoms with Gasteiger partial charge in [-0.1, -0.05) is 0 Å². The van der Waals surface area contributed by atoms with E-state index in [1.54, 1.807) is 0 Å². The van der Waals surface area contributed by atoms with Gasteiger partial charge in [0.05, 0.1) is 6.54 Å². The summed E-state index contributed by atoms with van der Waals surface area (Å²) < 4.78 is 60.9. The summed E-state index contributed by atoms with van der Waals surface area (Å²) in [5, 5.41) is 2.79. The van der Waals surface area contributed by atoms with Gasteiger partial charge in [0.15, 0.2) is 0 Å². The second-order valence-electron chi connectivity index (χ2n) is 3.78. The van der Waals surface area contributed by atoms with Crippen LogP contribution in [0.4, 0.5) is 22.0 Å². The van der Waals surface area contributed by atoms with Crippen LogP contribution in [-0.2, 0) is 6.54 Å². The predicted molar refractivity (Wildman–Crippen MR) is 55.1 cm³/mol. The Kier molecular flexibility index (Phi) is 5.52. The highest BCUT2D eigenvalue weighted by atomic mass is 19.4. The van der Waals surface area contributed by atoms with Crippen molar-refractivity contribution in [2.45, 2.75) is 38.5 Å². The molecule has 1 aromatic rings. The third kappa shape index (κ3) is 5.44. The number of hydrogen-bond donors (Lipinski definition) is 1. The van der Waals surface area contributed by atoms with Crippen LogP contribution in [0.25, 0.3) is 0 Å². The summed E-state index contributed by atoms with van der Waals surface area (Å²) >= 11 is 0. The number of alkyl halides is 5. The molecule has 0 aliphatic carbocycles. The van der Waals surface area contributed by atoms with Gasteiger partial charge in [-0.3, -0.25) is 4.57 Å². The number of aromatic nitrogens is 2. The molecule has 1 heterocycles. The molecule has 0 aliphatic heterocycles. The van der Waals surface area contributed by atoms with Crippen LogP contribution in [0, 0.1) is 0 Å². The van der Waals surface area contributed by atoms with E-state index in [-0.39, 0.29) is 18.8 Å². The smallest absolute Gasteiger partial charge is 0.310 e. The van der Waals surface area contributed by atoms with Gasteiger partial charge in [-0.2, -0.15) is 22.0 Å². The van der Waals surface area contributed by atoms with Crippen molar-refractivity contribution < 1.29 is 22.0 Å². The average molecular weight is 271 g/mol. The minimum atomic E-state index is -4.13. The molecule has 0 spiro atoms. The number of halogens is 5. The Morgan fingerprint density at radius 3 is 2.61 bits per heavy atom. The van der Waals surface area contributed by atoms with Crippen LogP contribution in [0.2, 0.25) is 0 Å². The molecule has 0 saturated heterocycles. The van der Waals surface area contributed by atoms with Crippen molar-refractivity contribution >= 4 is 0 Å². The minimum Gasteiger partial charge on any atom is -0.310 e. The third-order valence-corrected chi connectivity index (χ3v) is 2.31. The van der Waals surface area contributed by atoms with Gasteiger partial charge in [0.1, 0.15) is 5.82 Å². The van der Waals surface area contributed by atoms with Gasteiger partial charge in [0.25, 0.3) is 0 Å². The van der Waals surface area contributed by atoms with Gasteiger partial charge in [-0.05, 0) is 19.4 Å². The van der Waals surface area contributed by atoms with Crippen molar-refractivity contribution in [3.05, 3.63) is 18.2 Å². The highest BCUT2D eigenvalue weighted by molar-refractivity contribution is 4.92. The lowest BCUT2D eigenvalue weighted by Crippen LogP contribution is -2.19. The fourth-order valence-electron chi connectivity index (χ4n) is 1.43. The van der Waals surface area contributed by atoms with E-state index in [0.717, 1.165) is 6.20 Å². The van der Waals surface area contributed by atoms with Crippen molar-refractivity contribution in [1.29, 1.82) is 0 Å². The van der Waals surface area contributed by atoms with Crippen LogP contribution in [0.5, 0.6) is 0 Å². The van der Waals surface area contributed by atoms with Gasteiger partial charge in [0.2, 0.25) is 0 Å². The number of unbranched alkanes of at least 4 members (excludes halogenated alkanes) is 1. The molecule has 0 aromatic carbocycles. The average Bonchev–Trinajstić information content (AvgIpc) is 2.69. The number of nitrogens with one attached hydrogen (secondary N) is 1. The van der Waals surface area contributed by atoms with Crippen LogP contribution in [-0.4, -0.2) is 22.3 Å². The molecule has 1 rings (SSSR count). The second kappa shape index (κ2) is 6.67. The van der Waals surface area contributed by atoms with E-state index in [0.29, 0.717) is 17.5 Å². The van der Waals surface area contributed by atoms with E-state index in [4.69, 9.17) is 0 Å². The number of nitrogens with zero attached hydrogens (tertiary/aromatic N) is 2. The summed E-state index contributed by atoms with van der Waals surface area (Å²) in [5.41, 5.74) is 0. The van der Waals surface area contributed by atoms with Crippen LogP contribution >= 0.6 is 0 Å². The highest BCUT2D eigenvalue weighted by Crippen LogP contribution is 2.21. The Morgan fingerprint density at radius 2 is 2.00 bits per heavy atom. The third-order valence-electron chi connectivity index (χ3n) is 2.31. The van der Waals surface area contributed by atoms with Crippen molar-refractivity contribution in [3.8, 4) is 0 Å². The zero-order chi connectivity index (χ0) is 13.6. The Bertz CT molecular complexity index is 348. The Balaban J connectivity index is 2.16. The first-order valence-corrected chi connectivity index (χ1v) is 5.47. The van der Waals surface area contributed by atoms with Crippen molar-refractivity contribution in [2.24, 2.45) is 0 Å². The fourth-order valence-corrected chi connectivity index (χ4v) is 1.43. The molecule has 18 heavy (non-hydrogen) atoms. The monoisotopic (exact) mass is 271 g/mol. The van der Waals surface area contributed by atoms with Gasteiger partial charge in [-0.25, -0.2) is 4.98 Å². The summed E-state index contributed by atoms with van der Waals surface area (Å²) in [4.78, 5) is 3.73. The van der Waals surface area contributed by atoms with Crippen LogP contribution < -0.4 is 5.32 Å². The van der Waals surface area contributed by atoms with Crippen molar-refractivity contribution in [3.63, 3.8) is 0 Å². The number of hydrogen-bond acceptors (Lipinski definition) is 2. The van der Waals surface area contributed by atoms with Crippen molar-refractivity contribution in [2.75, 3.05) is 6.54 Å². The fraction of sp³-hybridized carbons (Fsp3) is 0.700. The first-order chi connectivity index (χ1) is 8.40. The maximum atomic E-state index is 12.4. The lowest BCUT2D eigenvalue weighted by molar-refractivity contribution is -0.135. The lowest BCUT2D eigenvalue weighted by atomic mass is 10.2. The number of rotatable bonds is 7. The first-order valence-electron chi connectivity index (χ1n) is 5.47. The van der Waals surface area contributed by atoms with Crippen molar-refractivity contribution in [1.82, 2.24) is 14.9 Å². The quantitative estimate of drug-likeness (QED) is 0.610. The van der Waals surface area contributed by atoms with Gasteiger partial charge >= 0.3 is 12.7 Å². The molecular formula is C10H14F5N3.